The third kappa shape index (κ3) is 2.99. The monoisotopic (exact) mass is 258 g/mol. The molecular formula is C14H16N3O2. The molecule has 0 saturated heterocycles. The molecule has 0 saturated carbocycles. The van der Waals surface area contributed by atoms with Crippen LogP contribution >= 0.6 is 0 Å². The van der Waals surface area contributed by atoms with Gasteiger partial charge in [0.25, 0.3) is 10.9 Å². The van der Waals surface area contributed by atoms with Crippen molar-refractivity contribution in [3.05, 3.63) is 51.5 Å². The van der Waals surface area contributed by atoms with Crippen molar-refractivity contribution in [2.75, 3.05) is 10.6 Å². The van der Waals surface area contributed by atoms with Crippen LogP contribution < -0.4 is 21.5 Å². The van der Waals surface area contributed by atoms with Gasteiger partial charge in [0.1, 0.15) is 11.4 Å². The van der Waals surface area contributed by atoms with Gasteiger partial charge in [0.05, 0.1) is 18.4 Å². The molecule has 5 nitrogen and oxygen atoms in total. The van der Waals surface area contributed by atoms with Gasteiger partial charge in [0, 0.05) is 6.20 Å². The molecule has 0 atom stereocenters. The molecule has 2 N–H and O–H groups in total. The number of aromatic nitrogens is 1. The van der Waals surface area contributed by atoms with E-state index in [0.29, 0.717) is 17.1 Å². The lowest BCUT2D eigenvalue weighted by atomic mass is 9.96. The number of hydrogen-bond acceptors (Lipinski definition) is 5. The molecular weight excluding hydrogens is 242 g/mol. The molecule has 0 fully saturated rings. The summed E-state index contributed by atoms with van der Waals surface area (Å²) < 4.78 is 0. The van der Waals surface area contributed by atoms with Crippen molar-refractivity contribution in [1.29, 1.82) is 0 Å². The second kappa shape index (κ2) is 4.84. The van der Waals surface area contributed by atoms with Crippen molar-refractivity contribution in [1.82, 2.24) is 4.98 Å². The third-order valence-corrected chi connectivity index (χ3v) is 2.49. The number of nitrogens with zero attached hydrogens (tertiary/aromatic N) is 1. The van der Waals surface area contributed by atoms with Crippen LogP contribution in [0, 0.1) is 12.0 Å². The Balaban J connectivity index is 2.16. The molecule has 0 amide bonds. The summed E-state index contributed by atoms with van der Waals surface area (Å²) in [5.41, 5.74) is 0.182. The fourth-order valence-corrected chi connectivity index (χ4v) is 1.52. The van der Waals surface area contributed by atoms with Gasteiger partial charge >= 0.3 is 0 Å². The predicted octanol–water partition coefficient (Wildman–Crippen LogP) is 2.04. The predicted molar refractivity (Wildman–Crippen MR) is 76.3 cm³/mol. The number of nitrogens with one attached hydrogen (secondary N) is 2. The van der Waals surface area contributed by atoms with E-state index < -0.39 is 10.9 Å². The van der Waals surface area contributed by atoms with Gasteiger partial charge in [0.15, 0.2) is 0 Å². The Kier molecular flexibility index (Phi) is 3.38. The van der Waals surface area contributed by atoms with Crippen LogP contribution in [-0.2, 0) is 0 Å². The Labute approximate surface area is 111 Å². The van der Waals surface area contributed by atoms with Crippen LogP contribution in [0.4, 0.5) is 17.1 Å². The van der Waals surface area contributed by atoms with Gasteiger partial charge in [0.2, 0.25) is 0 Å². The first-order chi connectivity index (χ1) is 8.88. The van der Waals surface area contributed by atoms with Crippen LogP contribution in [0.5, 0.6) is 0 Å². The third-order valence-electron chi connectivity index (χ3n) is 2.49. The molecule has 0 unspecified atom stereocenters. The van der Waals surface area contributed by atoms with Gasteiger partial charge in [-0.15, -0.1) is 0 Å². The maximum atomic E-state index is 11.6. The van der Waals surface area contributed by atoms with Crippen LogP contribution in [0.15, 0.2) is 34.1 Å². The molecule has 1 radical (unpaired) electrons. The molecule has 0 aliphatic heterocycles. The van der Waals surface area contributed by atoms with Crippen molar-refractivity contribution in [3.8, 4) is 0 Å². The first-order valence-electron chi connectivity index (χ1n) is 6.00. The van der Waals surface area contributed by atoms with E-state index in [9.17, 15) is 9.59 Å². The highest BCUT2D eigenvalue weighted by molar-refractivity contribution is 5.78. The van der Waals surface area contributed by atoms with E-state index in [1.54, 1.807) is 31.1 Å². The van der Waals surface area contributed by atoms with Crippen molar-refractivity contribution in [2.45, 2.75) is 20.8 Å². The van der Waals surface area contributed by atoms with Gasteiger partial charge in [-0.2, -0.15) is 0 Å². The van der Waals surface area contributed by atoms with E-state index in [1.165, 1.54) is 0 Å². The van der Waals surface area contributed by atoms with E-state index in [-0.39, 0.29) is 5.41 Å². The molecule has 99 valence electrons. The molecule has 2 rings (SSSR count). The Morgan fingerprint density at radius 3 is 2.42 bits per heavy atom. The maximum absolute atomic E-state index is 11.6. The van der Waals surface area contributed by atoms with E-state index >= 15 is 0 Å². The summed E-state index contributed by atoms with van der Waals surface area (Å²) in [6, 6.07) is 3.53. The summed E-state index contributed by atoms with van der Waals surface area (Å²) in [4.78, 5) is 27.0. The van der Waals surface area contributed by atoms with E-state index in [1.807, 2.05) is 20.8 Å². The zero-order valence-corrected chi connectivity index (χ0v) is 11.2. The molecule has 0 aliphatic rings. The highest BCUT2D eigenvalue weighted by Crippen LogP contribution is 2.24. The van der Waals surface area contributed by atoms with Crippen LogP contribution in [0.1, 0.15) is 20.8 Å². The standard InChI is InChI=1S/C14H16N3O2/c1-14(2,3)8-16-10-11(13(19)12(10)18)17-9-5-4-6-15-7-9/h4-8,16-17H,1-3H3. The number of hydrogen-bond donors (Lipinski definition) is 2. The first kappa shape index (κ1) is 13.3. The molecule has 0 aliphatic carbocycles. The topological polar surface area (TPSA) is 71.1 Å². The average Bonchev–Trinajstić information content (AvgIpc) is 2.37. The summed E-state index contributed by atoms with van der Waals surface area (Å²) >= 11 is 0. The van der Waals surface area contributed by atoms with Gasteiger partial charge in [-0.25, -0.2) is 0 Å². The SMILES string of the molecule is CC(C)(C)[CH]Nc1c(Nc2cccnc2)c(=O)c1=O. The Morgan fingerprint density at radius 2 is 1.84 bits per heavy atom. The van der Waals surface area contributed by atoms with E-state index in [2.05, 4.69) is 15.6 Å². The second-order valence-electron chi connectivity index (χ2n) is 5.43. The van der Waals surface area contributed by atoms with Crippen molar-refractivity contribution in [3.63, 3.8) is 0 Å². The summed E-state index contributed by atoms with van der Waals surface area (Å²) in [5.74, 6) is 0. The lowest BCUT2D eigenvalue weighted by Crippen LogP contribution is -2.37. The molecule has 5 heteroatoms. The minimum absolute atomic E-state index is 0.0919. The summed E-state index contributed by atoms with van der Waals surface area (Å²) in [6.45, 7) is 7.79. The zero-order chi connectivity index (χ0) is 14.0. The number of anilines is 3. The molecule has 1 aromatic heterocycles. The molecule has 2 aromatic rings. The van der Waals surface area contributed by atoms with Gasteiger partial charge in [-0.05, 0) is 17.5 Å². The summed E-state index contributed by atoms with van der Waals surface area (Å²) in [5, 5.41) is 5.82. The van der Waals surface area contributed by atoms with Gasteiger partial charge in [-0.1, -0.05) is 20.8 Å². The van der Waals surface area contributed by atoms with Crippen LogP contribution in [0.25, 0.3) is 0 Å². The van der Waals surface area contributed by atoms with Crippen molar-refractivity contribution >= 4 is 17.1 Å². The largest absolute Gasteiger partial charge is 0.375 e. The Morgan fingerprint density at radius 1 is 1.16 bits per heavy atom. The lowest BCUT2D eigenvalue weighted by molar-refractivity contribution is 0.500. The van der Waals surface area contributed by atoms with Gasteiger partial charge in [-0.3, -0.25) is 14.6 Å². The zero-order valence-electron chi connectivity index (χ0n) is 11.2. The summed E-state index contributed by atoms with van der Waals surface area (Å²) in [7, 11) is 0. The second-order valence-corrected chi connectivity index (χ2v) is 5.43. The molecule has 0 spiro atoms. The van der Waals surface area contributed by atoms with E-state index in [0.717, 1.165) is 0 Å². The molecule has 19 heavy (non-hydrogen) atoms. The van der Waals surface area contributed by atoms with E-state index in [4.69, 9.17) is 0 Å². The van der Waals surface area contributed by atoms with Crippen molar-refractivity contribution in [2.24, 2.45) is 5.41 Å². The highest BCUT2D eigenvalue weighted by atomic mass is 16.2. The molecule has 1 aromatic carbocycles. The van der Waals surface area contributed by atoms with Crippen LogP contribution in [-0.4, -0.2) is 4.98 Å². The fourth-order valence-electron chi connectivity index (χ4n) is 1.52. The first-order valence-corrected chi connectivity index (χ1v) is 6.00. The molecule has 1 heterocycles. The normalized spacial score (nSPS) is 11.5. The molecule has 0 bridgehead atoms. The maximum Gasteiger partial charge on any atom is 0.253 e. The smallest absolute Gasteiger partial charge is 0.253 e. The highest BCUT2D eigenvalue weighted by Gasteiger charge is 2.22. The summed E-state index contributed by atoms with van der Waals surface area (Å²) in [6.07, 6.45) is 3.23. The fraction of sp³-hybridized carbons (Fsp3) is 0.286. The van der Waals surface area contributed by atoms with Crippen LogP contribution in [0.2, 0.25) is 0 Å². The average molecular weight is 258 g/mol. The minimum Gasteiger partial charge on any atom is -0.375 e. The Bertz CT molecular complexity index is 635. The quantitative estimate of drug-likeness (QED) is 0.821. The van der Waals surface area contributed by atoms with Crippen LogP contribution in [0.3, 0.4) is 0 Å². The number of pyridine rings is 1. The minimum atomic E-state index is -0.506. The Hall–Kier alpha value is -2.17. The van der Waals surface area contributed by atoms with Gasteiger partial charge < -0.3 is 10.6 Å². The lowest BCUT2D eigenvalue weighted by Gasteiger charge is -2.21. The number of rotatable bonds is 4. The van der Waals surface area contributed by atoms with Crippen molar-refractivity contribution < 1.29 is 0 Å².